The van der Waals surface area contributed by atoms with Gasteiger partial charge < -0.3 is 35.3 Å². The van der Waals surface area contributed by atoms with Gasteiger partial charge in [-0.15, -0.1) is 0 Å². The summed E-state index contributed by atoms with van der Waals surface area (Å²) in [5, 5.41) is 0. The van der Waals surface area contributed by atoms with E-state index in [9.17, 15) is 19.2 Å². The molecule has 188 valence electrons. The lowest BCUT2D eigenvalue weighted by Crippen LogP contribution is -2.40. The summed E-state index contributed by atoms with van der Waals surface area (Å²) in [5.74, 6) is -1.68. The molecule has 1 aromatic heterocycles. The topological polar surface area (TPSA) is 196 Å². The van der Waals surface area contributed by atoms with Crippen LogP contribution < -0.4 is 22.6 Å². The number of fused-ring (bicyclic) bond motifs is 1. The molecule has 0 saturated carbocycles. The molecule has 0 aromatic carbocycles. The van der Waals surface area contributed by atoms with E-state index in [-0.39, 0.29) is 24.3 Å². The molecule has 6 atom stereocenters. The third-order valence-electron chi connectivity index (χ3n) is 5.48. The highest BCUT2D eigenvalue weighted by Gasteiger charge is 2.55. The highest BCUT2D eigenvalue weighted by Crippen LogP contribution is 2.37. The molecule has 2 aliphatic rings. The minimum absolute atomic E-state index is 0.0482. The maximum absolute atomic E-state index is 12.6. The highest BCUT2D eigenvalue weighted by molar-refractivity contribution is 5.76. The van der Waals surface area contributed by atoms with Crippen molar-refractivity contribution in [3.8, 4) is 0 Å². The van der Waals surface area contributed by atoms with E-state index in [1.54, 1.807) is 27.7 Å². The predicted molar refractivity (Wildman–Crippen MR) is 114 cm³/mol. The molecule has 3 heterocycles. The first kappa shape index (κ1) is 25.4. The molecule has 3 rings (SSSR count). The van der Waals surface area contributed by atoms with Gasteiger partial charge in [-0.05, 0) is 11.8 Å². The molecular formula is C20H29N5O9. The zero-order chi connectivity index (χ0) is 25.2. The van der Waals surface area contributed by atoms with Crippen molar-refractivity contribution in [3.63, 3.8) is 0 Å². The second-order valence-corrected chi connectivity index (χ2v) is 8.68. The van der Waals surface area contributed by atoms with Crippen LogP contribution in [0.4, 0.5) is 10.6 Å². The van der Waals surface area contributed by atoms with Crippen molar-refractivity contribution in [3.05, 3.63) is 22.7 Å². The molecule has 0 spiro atoms. The zero-order valence-corrected chi connectivity index (χ0v) is 19.2. The minimum atomic E-state index is -1.09. The van der Waals surface area contributed by atoms with Crippen LogP contribution in [-0.4, -0.2) is 64.6 Å². The first-order valence-corrected chi connectivity index (χ1v) is 10.8. The SMILES string of the molecule is CC(C)[C@@H](N)C(=O)OC[C@H]1O[C@@H](n2ccc(NOC(=O)[C@H](N)C(C)C)nc2=O)[C@@H]2OC(=O)O[C@@H]21. The molecule has 0 amide bonds. The molecule has 0 unspecified atom stereocenters. The average molecular weight is 483 g/mol. The van der Waals surface area contributed by atoms with Crippen LogP contribution in [0.5, 0.6) is 0 Å². The van der Waals surface area contributed by atoms with Gasteiger partial charge in [-0.25, -0.2) is 19.9 Å². The summed E-state index contributed by atoms with van der Waals surface area (Å²) < 4.78 is 22.4. The van der Waals surface area contributed by atoms with Gasteiger partial charge in [0.2, 0.25) is 0 Å². The second kappa shape index (κ2) is 10.4. The number of nitrogens with two attached hydrogens (primary N) is 2. The van der Waals surface area contributed by atoms with Crippen LogP contribution in [0.25, 0.3) is 0 Å². The van der Waals surface area contributed by atoms with Crippen LogP contribution in [0.15, 0.2) is 17.1 Å². The minimum Gasteiger partial charge on any atom is -0.462 e. The maximum Gasteiger partial charge on any atom is 0.509 e. The molecule has 34 heavy (non-hydrogen) atoms. The van der Waals surface area contributed by atoms with Gasteiger partial charge in [0.15, 0.2) is 24.3 Å². The number of hydrogen-bond donors (Lipinski definition) is 3. The van der Waals surface area contributed by atoms with Crippen LogP contribution in [-0.2, 0) is 33.4 Å². The molecule has 0 radical (unpaired) electrons. The van der Waals surface area contributed by atoms with Crippen molar-refractivity contribution in [1.82, 2.24) is 9.55 Å². The lowest BCUT2D eigenvalue weighted by atomic mass is 10.1. The largest absolute Gasteiger partial charge is 0.509 e. The fraction of sp³-hybridized carbons (Fsp3) is 0.650. The molecule has 14 nitrogen and oxygen atoms in total. The summed E-state index contributed by atoms with van der Waals surface area (Å²) in [4.78, 5) is 56.9. The van der Waals surface area contributed by atoms with Gasteiger partial charge in [0.25, 0.3) is 0 Å². The fourth-order valence-electron chi connectivity index (χ4n) is 3.22. The summed E-state index contributed by atoms with van der Waals surface area (Å²) in [7, 11) is 0. The Hall–Kier alpha value is -3.23. The number of anilines is 1. The van der Waals surface area contributed by atoms with E-state index in [0.717, 1.165) is 4.57 Å². The van der Waals surface area contributed by atoms with Gasteiger partial charge in [-0.2, -0.15) is 4.98 Å². The number of carbonyl (C=O) groups excluding carboxylic acids is 3. The Balaban J connectivity index is 1.68. The van der Waals surface area contributed by atoms with E-state index in [4.69, 9.17) is 35.3 Å². The van der Waals surface area contributed by atoms with Crippen LogP contribution in [0.1, 0.15) is 33.9 Å². The van der Waals surface area contributed by atoms with Gasteiger partial charge in [-0.3, -0.25) is 9.36 Å². The second-order valence-electron chi connectivity index (χ2n) is 8.68. The maximum atomic E-state index is 12.6. The van der Waals surface area contributed by atoms with Crippen molar-refractivity contribution in [2.75, 3.05) is 12.1 Å². The van der Waals surface area contributed by atoms with E-state index in [1.165, 1.54) is 12.3 Å². The van der Waals surface area contributed by atoms with Crippen LogP contribution in [0.2, 0.25) is 0 Å². The van der Waals surface area contributed by atoms with Crippen LogP contribution in [0, 0.1) is 11.8 Å². The van der Waals surface area contributed by atoms with E-state index in [2.05, 4.69) is 10.5 Å². The summed E-state index contributed by atoms with van der Waals surface area (Å²) >= 11 is 0. The number of hydrogen-bond acceptors (Lipinski definition) is 13. The normalized spacial score (nSPS) is 25.4. The van der Waals surface area contributed by atoms with Crippen molar-refractivity contribution in [2.24, 2.45) is 23.3 Å². The number of aromatic nitrogens is 2. The number of nitrogens with zero attached hydrogens (tertiary/aromatic N) is 2. The van der Waals surface area contributed by atoms with E-state index in [0.29, 0.717) is 0 Å². The Labute approximate surface area is 194 Å². The first-order valence-electron chi connectivity index (χ1n) is 10.8. The average Bonchev–Trinajstić information content (AvgIpc) is 3.32. The molecule has 1 aromatic rings. The monoisotopic (exact) mass is 483 g/mol. The van der Waals surface area contributed by atoms with Crippen molar-refractivity contribution >= 4 is 23.9 Å². The number of rotatable bonds is 9. The van der Waals surface area contributed by atoms with E-state index in [1.807, 2.05) is 0 Å². The standard InChI is InChI=1S/C20H29N5O9/c1-8(2)12(21)17(26)30-7-10-14-15(33-20(29)32-14)16(31-10)25-6-5-11(23-19(25)28)24-34-18(27)13(22)9(3)4/h5-6,8-10,12-16H,7,21-22H2,1-4H3,(H,23,24,28)/t10-,12-,13-,14-,15-,16-/m1/s1. The van der Waals surface area contributed by atoms with Gasteiger partial charge >= 0.3 is 23.8 Å². The summed E-state index contributed by atoms with van der Waals surface area (Å²) in [6.45, 7) is 6.79. The number of esters is 1. The van der Waals surface area contributed by atoms with Crippen LogP contribution in [0.3, 0.4) is 0 Å². The number of carbonyl (C=O) groups is 3. The van der Waals surface area contributed by atoms with Gasteiger partial charge in [0.05, 0.1) is 0 Å². The van der Waals surface area contributed by atoms with E-state index >= 15 is 0 Å². The molecule has 2 aliphatic heterocycles. The number of ether oxygens (including phenoxy) is 4. The smallest absolute Gasteiger partial charge is 0.462 e. The van der Waals surface area contributed by atoms with Crippen LogP contribution >= 0.6 is 0 Å². The molecule has 0 aliphatic carbocycles. The van der Waals surface area contributed by atoms with Gasteiger partial charge in [0, 0.05) is 12.3 Å². The summed E-state index contributed by atoms with van der Waals surface area (Å²) in [6, 6.07) is -0.332. The predicted octanol–water partition coefficient (Wildman–Crippen LogP) is -0.575. The summed E-state index contributed by atoms with van der Waals surface area (Å²) in [6.07, 6.45) is -3.51. The molecule has 5 N–H and O–H groups in total. The quantitative estimate of drug-likeness (QED) is 0.229. The molecule has 14 heteroatoms. The zero-order valence-electron chi connectivity index (χ0n) is 19.2. The lowest BCUT2D eigenvalue weighted by molar-refractivity contribution is -0.153. The Morgan fingerprint density at radius 2 is 1.71 bits per heavy atom. The van der Waals surface area contributed by atoms with Gasteiger partial charge in [-0.1, -0.05) is 27.7 Å². The molecule has 2 saturated heterocycles. The van der Waals surface area contributed by atoms with Gasteiger partial charge in [0.1, 0.15) is 24.8 Å². The Morgan fingerprint density at radius 1 is 1.09 bits per heavy atom. The van der Waals surface area contributed by atoms with Crippen molar-refractivity contribution in [1.29, 1.82) is 0 Å². The van der Waals surface area contributed by atoms with Crippen molar-refractivity contribution < 1.29 is 38.2 Å². The highest BCUT2D eigenvalue weighted by atomic mass is 16.8. The van der Waals surface area contributed by atoms with E-state index < -0.39 is 60.4 Å². The molecular weight excluding hydrogens is 454 g/mol. The third kappa shape index (κ3) is 5.46. The Morgan fingerprint density at radius 3 is 2.32 bits per heavy atom. The third-order valence-corrected chi connectivity index (χ3v) is 5.48. The summed E-state index contributed by atoms with van der Waals surface area (Å²) in [5.41, 5.74) is 13.0. The Bertz CT molecular complexity index is 981. The fourth-order valence-corrected chi connectivity index (χ4v) is 3.22. The Kier molecular flexibility index (Phi) is 7.74. The molecule has 2 fully saturated rings. The first-order chi connectivity index (χ1) is 16.0. The van der Waals surface area contributed by atoms with Crippen molar-refractivity contribution in [2.45, 2.75) is 64.3 Å². The molecule has 0 bridgehead atoms. The lowest BCUT2D eigenvalue weighted by Gasteiger charge is -2.20. The number of nitrogens with one attached hydrogen (secondary N) is 1.